The second-order valence-electron chi connectivity index (χ2n) is 7.00. The lowest BCUT2D eigenvalue weighted by molar-refractivity contribution is -0.121. The second kappa shape index (κ2) is 7.36. The fourth-order valence-electron chi connectivity index (χ4n) is 3.69. The number of nitrogens with zero attached hydrogens (tertiary/aromatic N) is 2. The molecule has 2 aromatic carbocycles. The van der Waals surface area contributed by atoms with Crippen LogP contribution in [0.15, 0.2) is 69.9 Å². The van der Waals surface area contributed by atoms with Gasteiger partial charge in [0.2, 0.25) is 5.91 Å². The Morgan fingerprint density at radius 3 is 2.65 bits per heavy atom. The topological polar surface area (TPSA) is 108 Å². The van der Waals surface area contributed by atoms with Gasteiger partial charge in [0.25, 0.3) is 15.9 Å². The molecule has 3 heterocycles. The van der Waals surface area contributed by atoms with Crippen molar-refractivity contribution in [2.45, 2.75) is 27.5 Å². The summed E-state index contributed by atoms with van der Waals surface area (Å²) in [7, 11) is -3.77. The van der Waals surface area contributed by atoms with Gasteiger partial charge in [-0.15, -0.1) is 11.3 Å². The van der Waals surface area contributed by atoms with Crippen molar-refractivity contribution in [2.24, 2.45) is 0 Å². The number of amides is 2. The standard InChI is InChI=1S/C20H16N4O4S3/c25-17-9-10-20(24(17)15-3-1-2-4-16(15)30-20)18(26)22-13-5-7-14(8-6-13)31(27,28)23-19-21-11-12-29-19/h1-8,11-12H,9-10H2,(H,21,23)(H,22,26). The second-order valence-corrected chi connectivity index (χ2v) is 10.9. The van der Waals surface area contributed by atoms with Crippen molar-refractivity contribution < 1.29 is 18.0 Å². The maximum atomic E-state index is 13.3. The quantitative estimate of drug-likeness (QED) is 0.588. The molecule has 1 saturated heterocycles. The summed E-state index contributed by atoms with van der Waals surface area (Å²) in [5.74, 6) is -0.390. The lowest BCUT2D eigenvalue weighted by atomic mass is 10.1. The third-order valence-electron chi connectivity index (χ3n) is 5.10. The van der Waals surface area contributed by atoms with Crippen LogP contribution >= 0.6 is 23.1 Å². The Labute approximate surface area is 186 Å². The van der Waals surface area contributed by atoms with E-state index in [1.165, 1.54) is 53.6 Å². The van der Waals surface area contributed by atoms with Gasteiger partial charge in [0.05, 0.1) is 10.6 Å². The number of anilines is 3. The first-order valence-electron chi connectivity index (χ1n) is 9.34. The van der Waals surface area contributed by atoms with E-state index in [9.17, 15) is 18.0 Å². The number of thiazole rings is 1. The van der Waals surface area contributed by atoms with Gasteiger partial charge in [0, 0.05) is 28.6 Å². The zero-order valence-corrected chi connectivity index (χ0v) is 18.4. The normalized spacial score (nSPS) is 19.7. The number of hydrogen-bond donors (Lipinski definition) is 2. The number of rotatable bonds is 5. The smallest absolute Gasteiger partial charge is 0.263 e. The largest absolute Gasteiger partial charge is 0.323 e. The van der Waals surface area contributed by atoms with Crippen LogP contribution in [-0.2, 0) is 19.6 Å². The van der Waals surface area contributed by atoms with Crippen LogP contribution in [-0.4, -0.2) is 30.1 Å². The van der Waals surface area contributed by atoms with Crippen molar-refractivity contribution in [3.63, 3.8) is 0 Å². The molecule has 2 aliphatic rings. The van der Waals surface area contributed by atoms with Crippen molar-refractivity contribution in [1.29, 1.82) is 0 Å². The van der Waals surface area contributed by atoms with E-state index in [0.29, 0.717) is 18.5 Å². The van der Waals surface area contributed by atoms with Gasteiger partial charge in [0.1, 0.15) is 0 Å². The third kappa shape index (κ3) is 3.38. The summed E-state index contributed by atoms with van der Waals surface area (Å²) in [6.07, 6.45) is 2.21. The van der Waals surface area contributed by atoms with Gasteiger partial charge in [0.15, 0.2) is 10.0 Å². The average Bonchev–Trinajstić information content (AvgIpc) is 3.45. The maximum absolute atomic E-state index is 13.3. The molecule has 8 nitrogen and oxygen atoms in total. The van der Waals surface area contributed by atoms with Crippen LogP contribution in [0.2, 0.25) is 0 Å². The van der Waals surface area contributed by atoms with E-state index < -0.39 is 14.9 Å². The molecule has 1 unspecified atom stereocenters. The highest BCUT2D eigenvalue weighted by Gasteiger charge is 2.57. The van der Waals surface area contributed by atoms with Gasteiger partial charge >= 0.3 is 0 Å². The van der Waals surface area contributed by atoms with Crippen LogP contribution in [0.3, 0.4) is 0 Å². The van der Waals surface area contributed by atoms with Crippen molar-refractivity contribution in [3.05, 3.63) is 60.1 Å². The van der Waals surface area contributed by atoms with Gasteiger partial charge in [-0.3, -0.25) is 19.2 Å². The van der Waals surface area contributed by atoms with Crippen LogP contribution in [0.1, 0.15) is 12.8 Å². The lowest BCUT2D eigenvalue weighted by Crippen LogP contribution is -2.49. The monoisotopic (exact) mass is 472 g/mol. The van der Waals surface area contributed by atoms with Crippen molar-refractivity contribution >= 4 is 61.4 Å². The summed E-state index contributed by atoms with van der Waals surface area (Å²) in [6.45, 7) is 0. The molecule has 158 valence electrons. The highest BCUT2D eigenvalue weighted by atomic mass is 32.2. The molecule has 0 saturated carbocycles. The number of benzene rings is 2. The maximum Gasteiger partial charge on any atom is 0.263 e. The van der Waals surface area contributed by atoms with Crippen LogP contribution in [0.4, 0.5) is 16.5 Å². The van der Waals surface area contributed by atoms with E-state index in [0.717, 1.165) is 10.6 Å². The van der Waals surface area contributed by atoms with Crippen molar-refractivity contribution in [1.82, 2.24) is 4.98 Å². The molecule has 2 aliphatic heterocycles. The minimum absolute atomic E-state index is 0.0548. The van der Waals surface area contributed by atoms with Gasteiger partial charge < -0.3 is 5.32 Å². The Kier molecular flexibility index (Phi) is 4.76. The minimum Gasteiger partial charge on any atom is -0.323 e. The van der Waals surface area contributed by atoms with E-state index in [4.69, 9.17) is 0 Å². The number of aromatic nitrogens is 1. The Morgan fingerprint density at radius 2 is 1.90 bits per heavy atom. The number of sulfonamides is 1. The van der Waals surface area contributed by atoms with Crippen molar-refractivity contribution in [3.8, 4) is 0 Å². The minimum atomic E-state index is -3.77. The highest BCUT2D eigenvalue weighted by molar-refractivity contribution is 8.02. The summed E-state index contributed by atoms with van der Waals surface area (Å²) in [5, 5.41) is 4.80. The van der Waals surface area contributed by atoms with Gasteiger partial charge in [-0.05, 0) is 42.8 Å². The highest BCUT2D eigenvalue weighted by Crippen LogP contribution is 2.56. The van der Waals surface area contributed by atoms with Crippen LogP contribution in [0.25, 0.3) is 0 Å². The van der Waals surface area contributed by atoms with Crippen LogP contribution in [0.5, 0.6) is 0 Å². The van der Waals surface area contributed by atoms with E-state index in [2.05, 4.69) is 15.0 Å². The summed E-state index contributed by atoms with van der Waals surface area (Å²) in [5.41, 5.74) is 1.20. The van der Waals surface area contributed by atoms with E-state index in [-0.39, 0.29) is 21.8 Å². The number of carbonyl (C=O) groups excluding carboxylic acids is 2. The molecule has 0 bridgehead atoms. The summed E-state index contributed by atoms with van der Waals surface area (Å²) in [6, 6.07) is 13.3. The number of hydrogen-bond acceptors (Lipinski definition) is 7. The Bertz CT molecular complexity index is 1280. The molecule has 0 spiro atoms. The Balaban J connectivity index is 1.36. The number of para-hydroxylation sites is 1. The first-order chi connectivity index (χ1) is 14.9. The van der Waals surface area contributed by atoms with Crippen LogP contribution in [0, 0.1) is 0 Å². The fraction of sp³-hybridized carbons (Fsp3) is 0.150. The number of nitrogens with one attached hydrogen (secondary N) is 2. The predicted molar refractivity (Wildman–Crippen MR) is 120 cm³/mol. The first-order valence-corrected chi connectivity index (χ1v) is 12.5. The molecule has 0 aliphatic carbocycles. The lowest BCUT2D eigenvalue weighted by Gasteiger charge is -2.29. The molecular weight excluding hydrogens is 456 g/mol. The van der Waals surface area contributed by atoms with Crippen LogP contribution < -0.4 is 14.9 Å². The number of fused-ring (bicyclic) bond motifs is 3. The molecule has 2 amide bonds. The third-order valence-corrected chi connectivity index (χ3v) is 8.75. The number of carbonyl (C=O) groups is 2. The molecule has 31 heavy (non-hydrogen) atoms. The van der Waals surface area contributed by atoms with E-state index >= 15 is 0 Å². The zero-order chi connectivity index (χ0) is 21.6. The number of thioether (sulfide) groups is 1. The SMILES string of the molecule is O=C1CCC2(C(=O)Nc3ccc(S(=O)(=O)Nc4nccs4)cc3)Sc3ccccc3N12. The molecular formula is C20H16N4O4S3. The summed E-state index contributed by atoms with van der Waals surface area (Å²) in [4.78, 5) is 31.2. The summed E-state index contributed by atoms with van der Waals surface area (Å²) < 4.78 is 27.4. The molecule has 1 aromatic heterocycles. The molecule has 11 heteroatoms. The van der Waals surface area contributed by atoms with Gasteiger partial charge in [-0.2, -0.15) is 0 Å². The molecule has 3 aromatic rings. The molecule has 2 N–H and O–H groups in total. The predicted octanol–water partition coefficient (Wildman–Crippen LogP) is 3.51. The van der Waals surface area contributed by atoms with Gasteiger partial charge in [-0.25, -0.2) is 13.4 Å². The molecule has 1 atom stereocenters. The van der Waals surface area contributed by atoms with E-state index in [1.54, 1.807) is 10.3 Å². The van der Waals surface area contributed by atoms with E-state index in [1.807, 2.05) is 24.3 Å². The molecule has 0 radical (unpaired) electrons. The fourth-order valence-corrected chi connectivity index (χ4v) is 6.89. The average molecular weight is 473 g/mol. The van der Waals surface area contributed by atoms with Gasteiger partial charge in [-0.1, -0.05) is 23.9 Å². The molecule has 1 fully saturated rings. The zero-order valence-electron chi connectivity index (χ0n) is 15.9. The Morgan fingerprint density at radius 1 is 1.13 bits per heavy atom. The molecule has 5 rings (SSSR count). The first kappa shape index (κ1) is 20.0. The summed E-state index contributed by atoms with van der Waals surface area (Å²) >= 11 is 2.56. The Hall–Kier alpha value is -2.89. The van der Waals surface area contributed by atoms with Crippen molar-refractivity contribution in [2.75, 3.05) is 14.9 Å².